The molecule has 0 aliphatic carbocycles. The van der Waals surface area contributed by atoms with Gasteiger partial charge in [0.05, 0.1) is 0 Å². The molecule has 8 heteroatoms. The third kappa shape index (κ3) is 7.11. The number of piperidine rings is 2. The Hall–Kier alpha value is -2.51. The fourth-order valence-corrected chi connectivity index (χ4v) is 5.75. The standard InChI is InChI=1S/C30H42ClN5O2/c1-20(2)29(37)34-24-10-14-35(15-11-24)25-12-16-36(17-13-25)30(38)28-22(4)27(32-19-33-28)7-5-6-23-8-9-26(31)21(3)18-23/h8-9,18-20,24-25H,5-7,10-17H2,1-4H3,(H,34,37). The van der Waals surface area contributed by atoms with E-state index in [2.05, 4.69) is 32.3 Å². The van der Waals surface area contributed by atoms with Crippen molar-refractivity contribution < 1.29 is 9.59 Å². The first kappa shape index (κ1) is 28.5. The number of aromatic nitrogens is 2. The minimum Gasteiger partial charge on any atom is -0.353 e. The molecule has 1 N–H and O–H groups in total. The quantitative estimate of drug-likeness (QED) is 0.523. The summed E-state index contributed by atoms with van der Waals surface area (Å²) in [6.45, 7) is 11.4. The minimum absolute atomic E-state index is 0.0213. The van der Waals surface area contributed by atoms with E-state index in [1.54, 1.807) is 0 Å². The van der Waals surface area contributed by atoms with Crippen LogP contribution in [0.15, 0.2) is 24.5 Å². The largest absolute Gasteiger partial charge is 0.353 e. The zero-order valence-electron chi connectivity index (χ0n) is 23.3. The SMILES string of the molecule is Cc1cc(CCCc2ncnc(C(=O)N3CCC(N4CCC(NC(=O)C(C)C)CC4)CC3)c2C)ccc1Cl. The Kier molecular flexibility index (Phi) is 9.77. The molecule has 2 saturated heterocycles. The maximum absolute atomic E-state index is 13.4. The topological polar surface area (TPSA) is 78.4 Å². The average Bonchev–Trinajstić information content (AvgIpc) is 2.92. The maximum Gasteiger partial charge on any atom is 0.272 e. The van der Waals surface area contributed by atoms with Crippen LogP contribution >= 0.6 is 11.6 Å². The van der Waals surface area contributed by atoms with Gasteiger partial charge in [0, 0.05) is 60.5 Å². The first-order chi connectivity index (χ1) is 18.2. The molecule has 2 fully saturated rings. The van der Waals surface area contributed by atoms with Crippen LogP contribution in [0.5, 0.6) is 0 Å². The van der Waals surface area contributed by atoms with Crippen molar-refractivity contribution in [2.45, 2.75) is 84.7 Å². The highest BCUT2D eigenvalue weighted by atomic mass is 35.5. The molecule has 4 rings (SSSR count). The Balaban J connectivity index is 1.26. The molecule has 3 heterocycles. The molecule has 0 spiro atoms. The van der Waals surface area contributed by atoms with Crippen molar-refractivity contribution in [1.29, 1.82) is 0 Å². The van der Waals surface area contributed by atoms with Gasteiger partial charge in [0.25, 0.3) is 5.91 Å². The number of hydrogen-bond donors (Lipinski definition) is 1. The number of halogens is 1. The van der Waals surface area contributed by atoms with Gasteiger partial charge in [-0.05, 0) is 76.0 Å². The van der Waals surface area contributed by atoms with Crippen LogP contribution in [-0.4, -0.2) is 69.8 Å². The monoisotopic (exact) mass is 539 g/mol. The van der Waals surface area contributed by atoms with Crippen LogP contribution in [0.25, 0.3) is 0 Å². The fraction of sp³-hybridized carbons (Fsp3) is 0.600. The van der Waals surface area contributed by atoms with E-state index < -0.39 is 0 Å². The normalized spacial score (nSPS) is 17.7. The predicted molar refractivity (Wildman–Crippen MR) is 151 cm³/mol. The molecular weight excluding hydrogens is 498 g/mol. The van der Waals surface area contributed by atoms with Gasteiger partial charge in [0.1, 0.15) is 12.0 Å². The van der Waals surface area contributed by atoms with Crippen molar-refractivity contribution in [3.8, 4) is 0 Å². The minimum atomic E-state index is 0.0213. The second kappa shape index (κ2) is 13.0. The first-order valence-electron chi connectivity index (χ1n) is 14.1. The van der Waals surface area contributed by atoms with E-state index in [4.69, 9.17) is 11.6 Å². The van der Waals surface area contributed by atoms with Crippen LogP contribution in [0.3, 0.4) is 0 Å². The summed E-state index contributed by atoms with van der Waals surface area (Å²) in [5, 5.41) is 3.98. The smallest absolute Gasteiger partial charge is 0.272 e. The van der Waals surface area contributed by atoms with Crippen LogP contribution in [0, 0.1) is 19.8 Å². The molecular formula is C30H42ClN5O2. The zero-order chi connectivity index (χ0) is 27.2. The molecule has 0 atom stereocenters. The van der Waals surface area contributed by atoms with Gasteiger partial charge in [-0.15, -0.1) is 0 Å². The molecule has 1 aromatic carbocycles. The Labute approximate surface area is 232 Å². The van der Waals surface area contributed by atoms with Crippen molar-refractivity contribution in [1.82, 2.24) is 25.1 Å². The van der Waals surface area contributed by atoms with E-state index >= 15 is 0 Å². The van der Waals surface area contributed by atoms with Gasteiger partial charge in [0.2, 0.25) is 5.91 Å². The number of carbonyl (C=O) groups excluding carboxylic acids is 2. The molecule has 2 aromatic rings. The van der Waals surface area contributed by atoms with Gasteiger partial charge in [0.15, 0.2) is 0 Å². The van der Waals surface area contributed by atoms with E-state index in [0.717, 1.165) is 93.0 Å². The predicted octanol–water partition coefficient (Wildman–Crippen LogP) is 4.76. The van der Waals surface area contributed by atoms with Gasteiger partial charge < -0.3 is 15.1 Å². The lowest BCUT2D eigenvalue weighted by atomic mass is 9.97. The number of nitrogens with one attached hydrogen (secondary N) is 1. The van der Waals surface area contributed by atoms with Crippen molar-refractivity contribution in [3.05, 3.63) is 57.6 Å². The third-order valence-corrected chi connectivity index (χ3v) is 8.58. The van der Waals surface area contributed by atoms with Crippen molar-refractivity contribution in [2.75, 3.05) is 26.2 Å². The van der Waals surface area contributed by atoms with Gasteiger partial charge in [-0.2, -0.15) is 0 Å². The average molecular weight is 540 g/mol. The number of benzene rings is 1. The molecule has 38 heavy (non-hydrogen) atoms. The Morgan fingerprint density at radius 1 is 1.03 bits per heavy atom. The summed E-state index contributed by atoms with van der Waals surface area (Å²) in [7, 11) is 0. The summed E-state index contributed by atoms with van der Waals surface area (Å²) in [4.78, 5) is 38.8. The highest BCUT2D eigenvalue weighted by Gasteiger charge is 2.31. The lowest BCUT2D eigenvalue weighted by Gasteiger charge is -2.42. The molecule has 0 saturated carbocycles. The zero-order valence-corrected chi connectivity index (χ0v) is 24.1. The summed E-state index contributed by atoms with van der Waals surface area (Å²) in [6.07, 6.45) is 8.20. The molecule has 1 aromatic heterocycles. The van der Waals surface area contributed by atoms with Gasteiger partial charge in [-0.1, -0.05) is 37.6 Å². The van der Waals surface area contributed by atoms with Crippen LogP contribution in [0.1, 0.15) is 78.8 Å². The van der Waals surface area contributed by atoms with Crippen molar-refractivity contribution >= 4 is 23.4 Å². The first-order valence-corrected chi connectivity index (χ1v) is 14.5. The summed E-state index contributed by atoms with van der Waals surface area (Å²) < 4.78 is 0. The van der Waals surface area contributed by atoms with Gasteiger partial charge >= 0.3 is 0 Å². The van der Waals surface area contributed by atoms with Crippen LogP contribution < -0.4 is 5.32 Å². The summed E-state index contributed by atoms with van der Waals surface area (Å²) in [5.74, 6) is 0.200. The summed E-state index contributed by atoms with van der Waals surface area (Å²) in [5.41, 5.74) is 4.76. The third-order valence-electron chi connectivity index (χ3n) is 8.16. The van der Waals surface area contributed by atoms with Gasteiger partial charge in [-0.3, -0.25) is 9.59 Å². The fourth-order valence-electron chi connectivity index (χ4n) is 5.64. The number of hydrogen-bond acceptors (Lipinski definition) is 5. The van der Waals surface area contributed by atoms with E-state index in [1.807, 2.05) is 38.7 Å². The summed E-state index contributed by atoms with van der Waals surface area (Å²) in [6, 6.07) is 6.96. The number of aryl methyl sites for hydroxylation is 3. The van der Waals surface area contributed by atoms with E-state index in [-0.39, 0.29) is 23.8 Å². The van der Waals surface area contributed by atoms with Crippen molar-refractivity contribution in [3.63, 3.8) is 0 Å². The number of carbonyl (C=O) groups is 2. The highest BCUT2D eigenvalue weighted by molar-refractivity contribution is 6.31. The summed E-state index contributed by atoms with van der Waals surface area (Å²) >= 11 is 6.15. The number of nitrogens with zero attached hydrogens (tertiary/aromatic N) is 4. The molecule has 2 aliphatic heterocycles. The molecule has 7 nitrogen and oxygen atoms in total. The Morgan fingerprint density at radius 2 is 1.74 bits per heavy atom. The van der Waals surface area contributed by atoms with E-state index in [0.29, 0.717) is 11.7 Å². The van der Waals surface area contributed by atoms with Gasteiger partial charge in [-0.25, -0.2) is 9.97 Å². The van der Waals surface area contributed by atoms with Crippen LogP contribution in [0.4, 0.5) is 0 Å². The van der Waals surface area contributed by atoms with E-state index in [1.165, 1.54) is 11.9 Å². The van der Waals surface area contributed by atoms with Crippen LogP contribution in [-0.2, 0) is 17.6 Å². The Bertz CT molecular complexity index is 1120. The van der Waals surface area contributed by atoms with Crippen molar-refractivity contribution in [2.24, 2.45) is 5.92 Å². The van der Waals surface area contributed by atoms with Crippen LogP contribution in [0.2, 0.25) is 5.02 Å². The second-order valence-electron chi connectivity index (χ2n) is 11.2. The number of rotatable bonds is 8. The molecule has 0 bridgehead atoms. The lowest BCUT2D eigenvalue weighted by Crippen LogP contribution is -2.52. The second-order valence-corrected chi connectivity index (χ2v) is 11.6. The maximum atomic E-state index is 13.4. The highest BCUT2D eigenvalue weighted by Crippen LogP contribution is 2.24. The number of amides is 2. The molecule has 0 unspecified atom stereocenters. The lowest BCUT2D eigenvalue weighted by molar-refractivity contribution is -0.125. The molecule has 2 aliphatic rings. The Morgan fingerprint density at radius 3 is 2.39 bits per heavy atom. The number of likely N-dealkylation sites (tertiary alicyclic amines) is 2. The molecule has 0 radical (unpaired) electrons. The van der Waals surface area contributed by atoms with E-state index in [9.17, 15) is 9.59 Å². The molecule has 2 amide bonds. The molecule has 206 valence electrons.